The quantitative estimate of drug-likeness (QED) is 0.749. The van der Waals surface area contributed by atoms with Crippen molar-refractivity contribution >= 4 is 23.6 Å². The molecule has 22 heavy (non-hydrogen) atoms. The number of aliphatic carboxylic acids is 1. The normalized spacial score (nSPS) is 23.1. The van der Waals surface area contributed by atoms with E-state index in [0.29, 0.717) is 6.42 Å². The largest absolute Gasteiger partial charge is 0.480 e. The number of thioether (sulfide) groups is 1. The molecule has 0 spiro atoms. The van der Waals surface area contributed by atoms with Gasteiger partial charge in [0.05, 0.1) is 0 Å². The van der Waals surface area contributed by atoms with Crippen molar-refractivity contribution in [3.8, 4) is 0 Å². The fourth-order valence-electron chi connectivity index (χ4n) is 3.75. The zero-order chi connectivity index (χ0) is 16.0. The molecule has 1 heterocycles. The minimum absolute atomic E-state index is 0.0531. The van der Waals surface area contributed by atoms with Gasteiger partial charge in [-0.3, -0.25) is 9.69 Å². The average molecular weight is 328 g/mol. The molecule has 0 aromatic rings. The second-order valence-corrected chi connectivity index (χ2v) is 7.42. The molecule has 1 amide bonds. The van der Waals surface area contributed by atoms with Crippen molar-refractivity contribution in [1.82, 2.24) is 10.2 Å². The number of nitrogens with one attached hydrogen (secondary N) is 1. The minimum atomic E-state index is -0.921. The predicted molar refractivity (Wildman–Crippen MR) is 89.2 cm³/mol. The molecule has 1 aliphatic heterocycles. The van der Waals surface area contributed by atoms with Crippen molar-refractivity contribution in [2.75, 3.05) is 25.1 Å². The summed E-state index contributed by atoms with van der Waals surface area (Å²) >= 11 is 1.61. The van der Waals surface area contributed by atoms with Crippen LogP contribution in [0.5, 0.6) is 0 Å². The van der Waals surface area contributed by atoms with Gasteiger partial charge in [-0.2, -0.15) is 11.8 Å². The van der Waals surface area contributed by atoms with Crippen molar-refractivity contribution in [3.05, 3.63) is 0 Å². The van der Waals surface area contributed by atoms with Crippen LogP contribution in [0, 0.1) is 0 Å². The number of carboxylic acids is 1. The zero-order valence-corrected chi connectivity index (χ0v) is 14.3. The molecule has 2 fully saturated rings. The molecule has 0 bridgehead atoms. The fraction of sp³-hybridized carbons (Fsp3) is 0.875. The number of amides is 1. The van der Waals surface area contributed by atoms with E-state index in [0.717, 1.165) is 57.4 Å². The molecule has 126 valence electrons. The van der Waals surface area contributed by atoms with E-state index < -0.39 is 17.6 Å². The van der Waals surface area contributed by atoms with Gasteiger partial charge in [-0.15, -0.1) is 0 Å². The van der Waals surface area contributed by atoms with Gasteiger partial charge < -0.3 is 10.4 Å². The molecule has 0 aromatic carbocycles. The lowest BCUT2D eigenvalue weighted by Gasteiger charge is -2.43. The van der Waals surface area contributed by atoms with Crippen LogP contribution in [0.4, 0.5) is 0 Å². The molecular weight excluding hydrogens is 300 g/mol. The number of hydrogen-bond donors (Lipinski definition) is 2. The maximum absolute atomic E-state index is 13.0. The molecule has 0 radical (unpaired) electrons. The SMILES string of the molecule is CSCC[C@H](NC(=O)C1(N2CCCC2)CCCCC1)C(=O)O. The summed E-state index contributed by atoms with van der Waals surface area (Å²) in [4.78, 5) is 26.7. The van der Waals surface area contributed by atoms with Crippen LogP contribution in [-0.2, 0) is 9.59 Å². The Kier molecular flexibility index (Phi) is 6.56. The van der Waals surface area contributed by atoms with Gasteiger partial charge in [-0.1, -0.05) is 19.3 Å². The first-order valence-corrected chi connectivity index (χ1v) is 9.77. The van der Waals surface area contributed by atoms with Crippen molar-refractivity contribution in [3.63, 3.8) is 0 Å². The third-order valence-corrected chi connectivity index (χ3v) is 5.67. The molecule has 0 unspecified atom stereocenters. The predicted octanol–water partition coefficient (Wildman–Crippen LogP) is 2.11. The first kappa shape index (κ1) is 17.6. The molecule has 1 saturated carbocycles. The lowest BCUT2D eigenvalue weighted by Crippen LogP contribution is -2.61. The van der Waals surface area contributed by atoms with Crippen LogP contribution >= 0.6 is 11.8 Å². The monoisotopic (exact) mass is 328 g/mol. The lowest BCUT2D eigenvalue weighted by atomic mass is 9.79. The fourth-order valence-corrected chi connectivity index (χ4v) is 4.23. The smallest absolute Gasteiger partial charge is 0.326 e. The standard InChI is InChI=1S/C16H28N2O3S/c1-22-12-7-13(14(19)20)17-15(21)16(8-3-2-4-9-16)18-10-5-6-11-18/h13H,2-12H2,1H3,(H,17,21)(H,19,20)/t13-/m0/s1. The third kappa shape index (κ3) is 3.96. The molecule has 6 heteroatoms. The molecule has 0 aromatic heterocycles. The van der Waals surface area contributed by atoms with Crippen molar-refractivity contribution < 1.29 is 14.7 Å². The highest BCUT2D eigenvalue weighted by atomic mass is 32.2. The van der Waals surface area contributed by atoms with Crippen LogP contribution in [0.3, 0.4) is 0 Å². The molecule has 2 rings (SSSR count). The van der Waals surface area contributed by atoms with Gasteiger partial charge in [-0.25, -0.2) is 4.79 Å². The Hall–Kier alpha value is -0.750. The summed E-state index contributed by atoms with van der Waals surface area (Å²) in [5, 5.41) is 12.2. The first-order valence-electron chi connectivity index (χ1n) is 8.38. The average Bonchev–Trinajstić information content (AvgIpc) is 3.06. The Bertz CT molecular complexity index is 391. The van der Waals surface area contributed by atoms with Gasteiger partial charge in [0, 0.05) is 0 Å². The van der Waals surface area contributed by atoms with E-state index in [4.69, 9.17) is 0 Å². The zero-order valence-electron chi connectivity index (χ0n) is 13.5. The summed E-state index contributed by atoms with van der Waals surface area (Å²) in [6, 6.07) is -0.763. The molecule has 1 atom stereocenters. The van der Waals surface area contributed by atoms with E-state index >= 15 is 0 Å². The minimum Gasteiger partial charge on any atom is -0.480 e. The summed E-state index contributed by atoms with van der Waals surface area (Å²) in [7, 11) is 0. The maximum atomic E-state index is 13.0. The van der Waals surface area contributed by atoms with Crippen LogP contribution in [-0.4, -0.2) is 58.6 Å². The van der Waals surface area contributed by atoms with Crippen LogP contribution in [0.25, 0.3) is 0 Å². The Morgan fingerprint density at radius 2 is 1.82 bits per heavy atom. The van der Waals surface area contributed by atoms with Gasteiger partial charge in [0.1, 0.15) is 11.6 Å². The highest BCUT2D eigenvalue weighted by Gasteiger charge is 2.46. The van der Waals surface area contributed by atoms with Crippen LogP contribution < -0.4 is 5.32 Å². The molecule has 2 N–H and O–H groups in total. The van der Waals surface area contributed by atoms with E-state index in [2.05, 4.69) is 10.2 Å². The second kappa shape index (κ2) is 8.20. The Balaban J connectivity index is 2.08. The van der Waals surface area contributed by atoms with Gasteiger partial charge in [0.25, 0.3) is 0 Å². The highest BCUT2D eigenvalue weighted by Crippen LogP contribution is 2.36. The summed E-state index contributed by atoms with van der Waals surface area (Å²) in [6.45, 7) is 1.94. The molecule has 5 nitrogen and oxygen atoms in total. The van der Waals surface area contributed by atoms with Crippen LogP contribution in [0.15, 0.2) is 0 Å². The van der Waals surface area contributed by atoms with E-state index in [1.165, 1.54) is 6.42 Å². The van der Waals surface area contributed by atoms with Crippen molar-refractivity contribution in [1.29, 1.82) is 0 Å². The number of nitrogens with zero attached hydrogens (tertiary/aromatic N) is 1. The third-order valence-electron chi connectivity index (χ3n) is 5.03. The van der Waals surface area contributed by atoms with Crippen molar-refractivity contribution in [2.45, 2.75) is 62.9 Å². The van der Waals surface area contributed by atoms with Gasteiger partial charge in [-0.05, 0) is 57.2 Å². The van der Waals surface area contributed by atoms with Gasteiger partial charge in [0.15, 0.2) is 0 Å². The summed E-state index contributed by atoms with van der Waals surface area (Å²) in [5.74, 6) is -0.231. The molecular formula is C16H28N2O3S. The van der Waals surface area contributed by atoms with Crippen LogP contribution in [0.1, 0.15) is 51.4 Å². The van der Waals surface area contributed by atoms with Gasteiger partial charge >= 0.3 is 5.97 Å². The molecule has 2 aliphatic rings. The Morgan fingerprint density at radius 1 is 1.18 bits per heavy atom. The number of carboxylic acid groups (broad SMARTS) is 1. The molecule has 1 aliphatic carbocycles. The number of carbonyl (C=O) groups is 2. The van der Waals surface area contributed by atoms with E-state index in [-0.39, 0.29) is 5.91 Å². The number of hydrogen-bond acceptors (Lipinski definition) is 4. The number of rotatable bonds is 7. The van der Waals surface area contributed by atoms with Gasteiger partial charge in [0.2, 0.25) is 5.91 Å². The number of carbonyl (C=O) groups excluding carboxylic acids is 1. The topological polar surface area (TPSA) is 69.6 Å². The molecule has 1 saturated heterocycles. The summed E-state index contributed by atoms with van der Waals surface area (Å²) < 4.78 is 0. The Morgan fingerprint density at radius 3 is 2.36 bits per heavy atom. The lowest BCUT2D eigenvalue weighted by molar-refractivity contribution is -0.145. The first-order chi connectivity index (χ1) is 10.6. The van der Waals surface area contributed by atoms with E-state index in [1.807, 2.05) is 6.26 Å². The van der Waals surface area contributed by atoms with Crippen molar-refractivity contribution in [2.24, 2.45) is 0 Å². The maximum Gasteiger partial charge on any atom is 0.326 e. The highest BCUT2D eigenvalue weighted by molar-refractivity contribution is 7.98. The summed E-state index contributed by atoms with van der Waals surface area (Å²) in [5.41, 5.74) is -0.457. The second-order valence-electron chi connectivity index (χ2n) is 6.43. The Labute approximate surface area is 137 Å². The van der Waals surface area contributed by atoms with E-state index in [9.17, 15) is 14.7 Å². The summed E-state index contributed by atoms with van der Waals surface area (Å²) in [6.07, 6.45) is 9.76. The van der Waals surface area contributed by atoms with Crippen LogP contribution in [0.2, 0.25) is 0 Å². The van der Waals surface area contributed by atoms with E-state index in [1.54, 1.807) is 11.8 Å². The number of likely N-dealkylation sites (tertiary alicyclic amines) is 1.